The lowest BCUT2D eigenvalue weighted by molar-refractivity contribution is 0.102. The molecule has 0 fully saturated rings. The van der Waals surface area contributed by atoms with E-state index in [1.54, 1.807) is 31.2 Å². The quantitative estimate of drug-likeness (QED) is 0.789. The summed E-state index contributed by atoms with van der Waals surface area (Å²) in [4.78, 5) is 12.1. The number of carbonyl (C=O) groups excluding carboxylic acids is 1. The van der Waals surface area contributed by atoms with Crippen molar-refractivity contribution < 1.29 is 9.90 Å². The number of para-hydroxylation sites is 2. The van der Waals surface area contributed by atoms with Crippen LogP contribution < -0.4 is 11.1 Å². The summed E-state index contributed by atoms with van der Waals surface area (Å²) in [6.45, 7) is 2.09. The Bertz CT molecular complexity index is 609. The Hall–Kier alpha value is -2.33. The second-order valence-electron chi connectivity index (χ2n) is 4.29. The first-order chi connectivity index (χ1) is 9.13. The molecule has 0 heterocycles. The Morgan fingerprint density at radius 3 is 2.68 bits per heavy atom. The van der Waals surface area contributed by atoms with E-state index in [4.69, 9.17) is 5.73 Å². The molecule has 4 heteroatoms. The predicted molar refractivity (Wildman–Crippen MR) is 75.1 cm³/mol. The number of aryl methyl sites for hydroxylation is 1. The van der Waals surface area contributed by atoms with Gasteiger partial charge in [0.15, 0.2) is 0 Å². The number of benzene rings is 2. The molecule has 0 bridgehead atoms. The van der Waals surface area contributed by atoms with Crippen molar-refractivity contribution in [3.05, 3.63) is 59.2 Å². The lowest BCUT2D eigenvalue weighted by atomic mass is 10.1. The molecule has 0 atom stereocenters. The maximum absolute atomic E-state index is 12.1. The van der Waals surface area contributed by atoms with Crippen LogP contribution in [0.4, 0.5) is 5.69 Å². The van der Waals surface area contributed by atoms with E-state index in [1.807, 2.05) is 18.2 Å². The summed E-state index contributed by atoms with van der Waals surface area (Å²) < 4.78 is 0. The number of carbonyl (C=O) groups is 1. The fourth-order valence-electron chi connectivity index (χ4n) is 1.85. The van der Waals surface area contributed by atoms with E-state index in [9.17, 15) is 9.90 Å². The van der Waals surface area contributed by atoms with Crippen LogP contribution in [0, 0.1) is 6.92 Å². The zero-order valence-electron chi connectivity index (χ0n) is 10.7. The highest BCUT2D eigenvalue weighted by molar-refractivity contribution is 6.06. The summed E-state index contributed by atoms with van der Waals surface area (Å²) in [5.74, 6) is -0.340. The van der Waals surface area contributed by atoms with E-state index in [-0.39, 0.29) is 17.2 Å². The first kappa shape index (κ1) is 13.1. The third-order valence-corrected chi connectivity index (χ3v) is 2.97. The van der Waals surface area contributed by atoms with Crippen LogP contribution in [-0.2, 0) is 6.54 Å². The molecule has 98 valence electrons. The molecule has 0 saturated heterocycles. The van der Waals surface area contributed by atoms with Crippen molar-refractivity contribution in [2.45, 2.75) is 13.5 Å². The van der Waals surface area contributed by atoms with Crippen molar-refractivity contribution in [2.75, 3.05) is 5.32 Å². The molecular weight excluding hydrogens is 240 g/mol. The second kappa shape index (κ2) is 5.54. The van der Waals surface area contributed by atoms with E-state index < -0.39 is 0 Å². The minimum atomic E-state index is -0.345. The van der Waals surface area contributed by atoms with Crippen LogP contribution >= 0.6 is 0 Å². The highest BCUT2D eigenvalue weighted by Crippen LogP contribution is 2.23. The number of nitrogens with two attached hydrogens (primary N) is 1. The monoisotopic (exact) mass is 256 g/mol. The molecule has 2 rings (SSSR count). The van der Waals surface area contributed by atoms with Crippen molar-refractivity contribution in [2.24, 2.45) is 5.73 Å². The molecule has 4 nitrogen and oxygen atoms in total. The average molecular weight is 256 g/mol. The van der Waals surface area contributed by atoms with Crippen LogP contribution in [0.25, 0.3) is 0 Å². The van der Waals surface area contributed by atoms with Gasteiger partial charge in [0, 0.05) is 12.2 Å². The van der Waals surface area contributed by atoms with E-state index in [2.05, 4.69) is 5.32 Å². The lowest BCUT2D eigenvalue weighted by Crippen LogP contribution is -2.14. The van der Waals surface area contributed by atoms with Crippen LogP contribution in [-0.4, -0.2) is 11.0 Å². The van der Waals surface area contributed by atoms with Gasteiger partial charge in [0.2, 0.25) is 0 Å². The zero-order chi connectivity index (χ0) is 13.8. The first-order valence-electron chi connectivity index (χ1n) is 6.01. The van der Waals surface area contributed by atoms with Gasteiger partial charge < -0.3 is 16.2 Å². The number of amides is 1. The largest absolute Gasteiger partial charge is 0.507 e. The van der Waals surface area contributed by atoms with Crippen LogP contribution in [0.3, 0.4) is 0 Å². The lowest BCUT2D eigenvalue weighted by Gasteiger charge is -2.11. The Kier molecular flexibility index (Phi) is 3.82. The Morgan fingerprint density at radius 1 is 1.21 bits per heavy atom. The first-order valence-corrected chi connectivity index (χ1v) is 6.01. The summed E-state index contributed by atoms with van der Waals surface area (Å²) in [7, 11) is 0. The molecule has 4 N–H and O–H groups in total. The SMILES string of the molecule is Cc1cccc(C(=O)Nc2ccccc2CN)c1O. The normalized spacial score (nSPS) is 10.2. The Labute approximate surface area is 111 Å². The fourth-order valence-corrected chi connectivity index (χ4v) is 1.85. The van der Waals surface area contributed by atoms with Crippen molar-refractivity contribution in [3.63, 3.8) is 0 Å². The van der Waals surface area contributed by atoms with Crippen molar-refractivity contribution in [1.82, 2.24) is 0 Å². The molecule has 0 aliphatic rings. The number of hydrogen-bond acceptors (Lipinski definition) is 3. The van der Waals surface area contributed by atoms with Gasteiger partial charge in [-0.05, 0) is 30.2 Å². The summed E-state index contributed by atoms with van der Waals surface area (Å²) in [5.41, 5.74) is 8.05. The van der Waals surface area contributed by atoms with Gasteiger partial charge in [-0.25, -0.2) is 0 Å². The smallest absolute Gasteiger partial charge is 0.259 e. The number of aromatic hydroxyl groups is 1. The van der Waals surface area contributed by atoms with Gasteiger partial charge in [-0.3, -0.25) is 4.79 Å². The van der Waals surface area contributed by atoms with Gasteiger partial charge in [0.1, 0.15) is 5.75 Å². The van der Waals surface area contributed by atoms with Crippen molar-refractivity contribution in [3.8, 4) is 5.75 Å². The Morgan fingerprint density at radius 2 is 1.95 bits per heavy atom. The summed E-state index contributed by atoms with van der Waals surface area (Å²) >= 11 is 0. The fraction of sp³-hybridized carbons (Fsp3) is 0.133. The highest BCUT2D eigenvalue weighted by atomic mass is 16.3. The molecule has 0 radical (unpaired) electrons. The average Bonchev–Trinajstić information content (AvgIpc) is 2.42. The van der Waals surface area contributed by atoms with Gasteiger partial charge in [0.25, 0.3) is 5.91 Å². The third kappa shape index (κ3) is 2.74. The van der Waals surface area contributed by atoms with Gasteiger partial charge in [0.05, 0.1) is 5.56 Å². The molecule has 0 spiro atoms. The molecule has 0 aromatic heterocycles. The molecule has 2 aromatic rings. The summed E-state index contributed by atoms with van der Waals surface area (Å²) in [5, 5.41) is 12.7. The van der Waals surface area contributed by atoms with Gasteiger partial charge in [-0.2, -0.15) is 0 Å². The molecule has 0 unspecified atom stereocenters. The Balaban J connectivity index is 2.28. The molecule has 0 aliphatic carbocycles. The number of phenols is 1. The van der Waals surface area contributed by atoms with Crippen molar-refractivity contribution in [1.29, 1.82) is 0 Å². The second-order valence-corrected chi connectivity index (χ2v) is 4.29. The molecule has 0 saturated carbocycles. The van der Waals surface area contributed by atoms with Crippen LogP contribution in [0.1, 0.15) is 21.5 Å². The topological polar surface area (TPSA) is 75.4 Å². The van der Waals surface area contributed by atoms with E-state index in [0.29, 0.717) is 17.8 Å². The number of phenolic OH excluding ortho intramolecular Hbond substituents is 1. The predicted octanol–water partition coefficient (Wildman–Crippen LogP) is 2.41. The van der Waals surface area contributed by atoms with E-state index in [0.717, 1.165) is 5.56 Å². The highest BCUT2D eigenvalue weighted by Gasteiger charge is 2.13. The van der Waals surface area contributed by atoms with Crippen LogP contribution in [0.2, 0.25) is 0 Å². The van der Waals surface area contributed by atoms with Crippen LogP contribution in [0.5, 0.6) is 5.75 Å². The molecule has 0 aliphatic heterocycles. The standard InChI is InChI=1S/C15H16N2O2/c1-10-5-4-7-12(14(10)18)15(19)17-13-8-3-2-6-11(13)9-16/h2-8,18H,9,16H2,1H3,(H,17,19). The maximum Gasteiger partial charge on any atom is 0.259 e. The van der Waals surface area contributed by atoms with Crippen LogP contribution in [0.15, 0.2) is 42.5 Å². The number of nitrogens with one attached hydrogen (secondary N) is 1. The molecule has 2 aromatic carbocycles. The van der Waals surface area contributed by atoms with Gasteiger partial charge in [-0.15, -0.1) is 0 Å². The minimum absolute atomic E-state index is 0.00484. The summed E-state index contributed by atoms with van der Waals surface area (Å²) in [6.07, 6.45) is 0. The van der Waals surface area contributed by atoms with Crippen molar-refractivity contribution >= 4 is 11.6 Å². The number of anilines is 1. The summed E-state index contributed by atoms with van der Waals surface area (Å²) in [6, 6.07) is 12.4. The molecular formula is C15H16N2O2. The minimum Gasteiger partial charge on any atom is -0.507 e. The number of rotatable bonds is 3. The van der Waals surface area contributed by atoms with Gasteiger partial charge >= 0.3 is 0 Å². The van der Waals surface area contributed by atoms with E-state index in [1.165, 1.54) is 0 Å². The maximum atomic E-state index is 12.1. The number of hydrogen-bond donors (Lipinski definition) is 3. The van der Waals surface area contributed by atoms with E-state index >= 15 is 0 Å². The zero-order valence-corrected chi connectivity index (χ0v) is 10.7. The third-order valence-electron chi connectivity index (χ3n) is 2.97. The van der Waals surface area contributed by atoms with Gasteiger partial charge in [-0.1, -0.05) is 30.3 Å². The molecule has 1 amide bonds. The molecule has 19 heavy (non-hydrogen) atoms.